The number of benzene rings is 9. The van der Waals surface area contributed by atoms with Crippen molar-refractivity contribution in [1.29, 1.82) is 0 Å². The first-order valence-corrected chi connectivity index (χ1v) is 25.8. The van der Waals surface area contributed by atoms with Crippen LogP contribution in [0.25, 0.3) is 0 Å². The summed E-state index contributed by atoms with van der Waals surface area (Å²) in [5, 5.41) is 0. The second kappa shape index (κ2) is 25.8. The molecule has 0 heterocycles. The first kappa shape index (κ1) is 54.9. The zero-order valence-electron chi connectivity index (χ0n) is 46.2. The molecule has 9 aromatic rings. The fraction of sp³-hybridized carbons (Fsp3) is 0.239. The SMILES string of the molecule is Cc1cc(Cc2cc(C)c(C)c(C)c2)cc(C)c1C.Cc1ccc(Cc2ccc(C)cc2)cc1.Cc1ccc(Oc2ccc(C(C)(C)c3ccc(Oc4ccc(C)cc4)cc3)cc2)cc1.Cc1cccc(C)c1. The van der Waals surface area contributed by atoms with Gasteiger partial charge in [-0.05, 0) is 211 Å². The fourth-order valence-electron chi connectivity index (χ4n) is 8.68. The minimum absolute atomic E-state index is 0.134. The van der Waals surface area contributed by atoms with Gasteiger partial charge in [-0.2, -0.15) is 0 Å². The maximum absolute atomic E-state index is 5.97. The molecule has 0 saturated heterocycles. The molecule has 2 nitrogen and oxygen atoms in total. The Kier molecular flexibility index (Phi) is 19.4. The van der Waals surface area contributed by atoms with Gasteiger partial charge in [0.2, 0.25) is 0 Å². The van der Waals surface area contributed by atoms with Crippen LogP contribution in [0.3, 0.4) is 0 Å². The highest BCUT2D eigenvalue weighted by Gasteiger charge is 2.23. The number of hydrogen-bond donors (Lipinski definition) is 0. The Hall–Kier alpha value is -7.42. The topological polar surface area (TPSA) is 18.5 Å². The van der Waals surface area contributed by atoms with Crippen molar-refractivity contribution >= 4 is 0 Å². The molecule has 0 amide bonds. The van der Waals surface area contributed by atoms with E-state index in [0.717, 1.165) is 35.8 Å². The summed E-state index contributed by atoms with van der Waals surface area (Å²) in [6.45, 7) is 30.3. The molecular weight excluding hydrogens is 885 g/mol. The molecule has 0 fully saturated rings. The second-order valence-corrected chi connectivity index (χ2v) is 20.7. The molecule has 0 aliphatic carbocycles. The van der Waals surface area contributed by atoms with Crippen LogP contribution in [0, 0.1) is 83.1 Å². The van der Waals surface area contributed by atoms with E-state index in [1.54, 1.807) is 0 Å². The summed E-state index contributed by atoms with van der Waals surface area (Å²) in [4.78, 5) is 0. The van der Waals surface area contributed by atoms with Crippen LogP contribution in [0.15, 0.2) is 194 Å². The molecule has 2 heteroatoms. The molecule has 0 atom stereocenters. The van der Waals surface area contributed by atoms with Crippen LogP contribution in [-0.4, -0.2) is 0 Å². The predicted molar refractivity (Wildman–Crippen MR) is 313 cm³/mol. The number of aryl methyl sites for hydroxylation is 10. The molecule has 0 bridgehead atoms. The predicted octanol–water partition coefficient (Wildman–Crippen LogP) is 19.5. The van der Waals surface area contributed by atoms with Crippen LogP contribution in [0.2, 0.25) is 0 Å². The van der Waals surface area contributed by atoms with Crippen LogP contribution in [0.5, 0.6) is 23.0 Å². The summed E-state index contributed by atoms with van der Waals surface area (Å²) in [5.41, 5.74) is 24.1. The van der Waals surface area contributed by atoms with Crippen molar-refractivity contribution in [2.45, 2.75) is 115 Å². The van der Waals surface area contributed by atoms with E-state index < -0.39 is 0 Å². The van der Waals surface area contributed by atoms with Crippen molar-refractivity contribution in [2.75, 3.05) is 0 Å². The zero-order valence-corrected chi connectivity index (χ0v) is 46.2. The van der Waals surface area contributed by atoms with Crippen LogP contribution in [0.1, 0.15) is 114 Å². The average Bonchev–Trinajstić information content (AvgIpc) is 3.36. The second-order valence-electron chi connectivity index (χ2n) is 20.7. The molecule has 0 unspecified atom stereocenters. The summed E-state index contributed by atoms with van der Waals surface area (Å²) < 4.78 is 11.9. The van der Waals surface area contributed by atoms with Crippen molar-refractivity contribution in [3.63, 3.8) is 0 Å². The minimum atomic E-state index is -0.134. The maximum atomic E-state index is 5.97. The van der Waals surface area contributed by atoms with Gasteiger partial charge in [-0.1, -0.05) is 193 Å². The van der Waals surface area contributed by atoms with Crippen LogP contribution < -0.4 is 9.47 Å². The zero-order chi connectivity index (χ0) is 52.7. The van der Waals surface area contributed by atoms with Crippen molar-refractivity contribution in [1.82, 2.24) is 0 Å². The quantitative estimate of drug-likeness (QED) is 0.136. The molecule has 0 aliphatic heterocycles. The van der Waals surface area contributed by atoms with Crippen LogP contribution in [-0.2, 0) is 18.3 Å². The molecule has 0 spiro atoms. The van der Waals surface area contributed by atoms with E-state index in [9.17, 15) is 0 Å². The lowest BCUT2D eigenvalue weighted by atomic mass is 9.78. The van der Waals surface area contributed by atoms with Gasteiger partial charge >= 0.3 is 0 Å². The highest BCUT2D eigenvalue weighted by Crippen LogP contribution is 2.35. The molecule has 0 N–H and O–H groups in total. The Labute approximate surface area is 439 Å². The monoisotopic (exact) mass is 963 g/mol. The summed E-state index contributed by atoms with van der Waals surface area (Å²) in [5.74, 6) is 3.37. The van der Waals surface area contributed by atoms with Gasteiger partial charge in [0.25, 0.3) is 0 Å². The van der Waals surface area contributed by atoms with Gasteiger partial charge in [0, 0.05) is 5.41 Å². The molecule has 9 aromatic carbocycles. The van der Waals surface area contributed by atoms with E-state index >= 15 is 0 Å². The largest absolute Gasteiger partial charge is 0.457 e. The maximum Gasteiger partial charge on any atom is 0.127 e. The Morgan fingerprint density at radius 3 is 0.808 bits per heavy atom. The highest BCUT2D eigenvalue weighted by molar-refractivity contribution is 5.45. The molecule has 0 saturated carbocycles. The summed E-state index contributed by atoms with van der Waals surface area (Å²) in [6.07, 6.45) is 2.06. The number of hydrogen-bond acceptors (Lipinski definition) is 2. The van der Waals surface area contributed by atoms with Gasteiger partial charge in [0.1, 0.15) is 23.0 Å². The summed E-state index contributed by atoms with van der Waals surface area (Å²) in [6, 6.07) is 68.1. The first-order chi connectivity index (χ1) is 34.8. The highest BCUT2D eigenvalue weighted by atomic mass is 16.5. The average molecular weight is 963 g/mol. The van der Waals surface area contributed by atoms with E-state index in [0.29, 0.717) is 0 Å². The Bertz CT molecular complexity index is 2880. The van der Waals surface area contributed by atoms with Gasteiger partial charge < -0.3 is 9.47 Å². The van der Waals surface area contributed by atoms with Gasteiger partial charge in [-0.25, -0.2) is 0 Å². The molecule has 0 radical (unpaired) electrons. The van der Waals surface area contributed by atoms with E-state index in [4.69, 9.17) is 9.47 Å². The van der Waals surface area contributed by atoms with E-state index in [2.05, 4.69) is 243 Å². The summed E-state index contributed by atoms with van der Waals surface area (Å²) in [7, 11) is 0. The Morgan fingerprint density at radius 2 is 0.534 bits per heavy atom. The third-order valence-electron chi connectivity index (χ3n) is 13.9. The molecule has 374 valence electrons. The molecule has 0 aliphatic rings. The van der Waals surface area contributed by atoms with Crippen molar-refractivity contribution in [3.8, 4) is 23.0 Å². The molecule has 9 rings (SSSR count). The van der Waals surface area contributed by atoms with Gasteiger partial charge in [0.15, 0.2) is 0 Å². The van der Waals surface area contributed by atoms with Crippen LogP contribution >= 0.6 is 0 Å². The number of rotatable bonds is 10. The molecule has 73 heavy (non-hydrogen) atoms. The lowest BCUT2D eigenvalue weighted by Gasteiger charge is -2.26. The Morgan fingerprint density at radius 1 is 0.274 bits per heavy atom. The van der Waals surface area contributed by atoms with Crippen LogP contribution in [0.4, 0.5) is 0 Å². The fourth-order valence-corrected chi connectivity index (χ4v) is 8.68. The number of ether oxygens (including phenoxy) is 2. The first-order valence-electron chi connectivity index (χ1n) is 25.8. The van der Waals surface area contributed by atoms with Gasteiger partial charge in [0.05, 0.1) is 0 Å². The third kappa shape index (κ3) is 16.8. The van der Waals surface area contributed by atoms with E-state index in [-0.39, 0.29) is 5.41 Å². The molecular formula is C71H78O2. The lowest BCUT2D eigenvalue weighted by molar-refractivity contribution is 0.481. The van der Waals surface area contributed by atoms with Crippen molar-refractivity contribution < 1.29 is 9.47 Å². The van der Waals surface area contributed by atoms with E-state index in [1.807, 2.05) is 48.5 Å². The van der Waals surface area contributed by atoms with Crippen molar-refractivity contribution in [3.05, 3.63) is 294 Å². The van der Waals surface area contributed by atoms with Gasteiger partial charge in [-0.3, -0.25) is 0 Å². The normalized spacial score (nSPS) is 10.7. The van der Waals surface area contributed by atoms with E-state index in [1.165, 1.54) is 100 Å². The lowest BCUT2D eigenvalue weighted by Crippen LogP contribution is -2.18. The minimum Gasteiger partial charge on any atom is -0.457 e. The standard InChI is InChI=1S/C29H28O2.C19H24.C15H16.C8H10/c1-21-5-13-25(14-6-21)30-27-17-9-23(10-18-27)29(3,4)24-11-19-28(20-12-24)31-26-15-7-22(2)8-16-26;1-12-7-18(8-13(2)16(12)5)11-19-9-14(3)17(6)15(4)10-19;1-12-3-7-14(8-4-12)11-15-9-5-13(2)6-10-15;1-7-4-3-5-8(2)6-7/h5-20H,1-4H3;7-10H,11H2,1-6H3;3-10H,11H2,1-2H3;3-6H,1-2H3. The van der Waals surface area contributed by atoms with Gasteiger partial charge in [-0.15, -0.1) is 0 Å². The smallest absolute Gasteiger partial charge is 0.127 e. The Balaban J connectivity index is 0.000000176. The molecule has 0 aromatic heterocycles. The van der Waals surface area contributed by atoms with Crippen molar-refractivity contribution in [2.24, 2.45) is 0 Å². The summed E-state index contributed by atoms with van der Waals surface area (Å²) >= 11 is 0. The third-order valence-corrected chi connectivity index (χ3v) is 13.9.